The zero-order chi connectivity index (χ0) is 23.6. The number of carbonyl (C=O) groups excluding carboxylic acids is 1. The Hall–Kier alpha value is -3.00. The van der Waals surface area contributed by atoms with Gasteiger partial charge in [-0.1, -0.05) is 53.5 Å². The molecular weight excluding hydrogens is 483 g/mol. The van der Waals surface area contributed by atoms with Crippen LogP contribution in [0, 0.1) is 0 Å². The van der Waals surface area contributed by atoms with Crippen molar-refractivity contribution >= 4 is 50.4 Å². The summed E-state index contributed by atoms with van der Waals surface area (Å²) in [7, 11) is -2.70. The molecule has 0 atom stereocenters. The molecule has 0 saturated carbocycles. The maximum Gasteiger partial charge on any atom is 0.270 e. The topological polar surface area (TPSA) is 75.7 Å². The molecule has 1 heterocycles. The monoisotopic (exact) mass is 502 g/mol. The lowest BCUT2D eigenvalue weighted by atomic mass is 9.95. The van der Waals surface area contributed by atoms with Crippen molar-refractivity contribution in [3.8, 4) is 5.75 Å². The second kappa shape index (κ2) is 9.47. The van der Waals surface area contributed by atoms with E-state index in [2.05, 4.69) is 5.32 Å². The fraction of sp³-hybridized carbons (Fsp3) is 0.125. The second-order valence-corrected chi connectivity index (χ2v) is 10.0. The molecule has 0 aromatic heterocycles. The van der Waals surface area contributed by atoms with Crippen LogP contribution in [0.15, 0.2) is 77.7 Å². The Labute approximate surface area is 202 Å². The second-order valence-electron chi connectivity index (χ2n) is 7.26. The molecule has 0 aliphatic carbocycles. The number of nitrogens with one attached hydrogen (secondary N) is 1. The van der Waals surface area contributed by atoms with Gasteiger partial charge in [0.1, 0.15) is 12.4 Å². The van der Waals surface area contributed by atoms with E-state index < -0.39 is 15.9 Å². The smallest absolute Gasteiger partial charge is 0.270 e. The number of amides is 1. The Balaban J connectivity index is 1.68. The number of carbonyl (C=O) groups is 1. The summed E-state index contributed by atoms with van der Waals surface area (Å²) < 4.78 is 33.5. The zero-order valence-electron chi connectivity index (χ0n) is 17.6. The largest absolute Gasteiger partial charge is 0.492 e. The van der Waals surface area contributed by atoms with Gasteiger partial charge in [0.05, 0.1) is 12.2 Å². The van der Waals surface area contributed by atoms with E-state index in [0.717, 1.165) is 4.31 Å². The summed E-state index contributed by atoms with van der Waals surface area (Å²) in [5.41, 5.74) is 1.91. The number of benzene rings is 3. The van der Waals surface area contributed by atoms with Gasteiger partial charge in [-0.05, 0) is 48.0 Å². The predicted octanol–water partition coefficient (Wildman–Crippen LogP) is 4.73. The standard InChI is InChI=1S/C24H20Cl2N2O4S/c1-28-21-12-9-18(26)15-20(21)22(16-5-3-2-4-6-16)23(33(28,30)31)24(29)27-13-14-32-19-10-7-17(25)8-11-19/h2-12,15H,13-14H2,1H3,(H,27,29). The van der Waals surface area contributed by atoms with Gasteiger partial charge in [-0.2, -0.15) is 0 Å². The molecule has 170 valence electrons. The van der Waals surface area contributed by atoms with E-state index in [0.29, 0.717) is 38.2 Å². The molecule has 1 amide bonds. The van der Waals surface area contributed by atoms with Crippen LogP contribution in [0.25, 0.3) is 5.57 Å². The summed E-state index contributed by atoms with van der Waals surface area (Å²) >= 11 is 12.1. The highest BCUT2D eigenvalue weighted by Gasteiger charge is 2.39. The lowest BCUT2D eigenvalue weighted by molar-refractivity contribution is -0.116. The van der Waals surface area contributed by atoms with Crippen molar-refractivity contribution in [1.82, 2.24) is 5.32 Å². The third-order valence-corrected chi connectivity index (χ3v) is 7.46. The molecule has 3 aromatic carbocycles. The lowest BCUT2D eigenvalue weighted by Gasteiger charge is -2.31. The molecule has 0 bridgehead atoms. The van der Waals surface area contributed by atoms with E-state index in [1.165, 1.54) is 7.05 Å². The summed E-state index contributed by atoms with van der Waals surface area (Å²) in [6.45, 7) is 0.258. The Morgan fingerprint density at radius 1 is 0.970 bits per heavy atom. The molecule has 0 radical (unpaired) electrons. The molecule has 0 spiro atoms. The number of hydrogen-bond acceptors (Lipinski definition) is 4. The third-order valence-electron chi connectivity index (χ3n) is 5.15. The van der Waals surface area contributed by atoms with Gasteiger partial charge in [0.15, 0.2) is 4.91 Å². The molecule has 0 saturated heterocycles. The molecule has 0 unspecified atom stereocenters. The number of halogens is 2. The van der Waals surface area contributed by atoms with Crippen molar-refractivity contribution in [2.45, 2.75) is 0 Å². The quantitative estimate of drug-likeness (QED) is 0.494. The first-order chi connectivity index (χ1) is 15.8. The Bertz CT molecular complexity index is 1320. The van der Waals surface area contributed by atoms with E-state index >= 15 is 0 Å². The summed E-state index contributed by atoms with van der Waals surface area (Å²) in [5.74, 6) is -0.127. The normalized spacial score (nSPS) is 14.6. The average molecular weight is 503 g/mol. The van der Waals surface area contributed by atoms with E-state index in [-0.39, 0.29) is 18.1 Å². The SMILES string of the molecule is CN1c2ccc(Cl)cc2C(c2ccccc2)=C(C(=O)NCCOc2ccc(Cl)cc2)S1(=O)=O. The predicted molar refractivity (Wildman–Crippen MR) is 131 cm³/mol. The molecule has 9 heteroatoms. The van der Waals surface area contributed by atoms with E-state index in [1.807, 2.05) is 6.07 Å². The van der Waals surface area contributed by atoms with Gasteiger partial charge in [-0.15, -0.1) is 0 Å². The zero-order valence-corrected chi connectivity index (χ0v) is 19.9. The summed E-state index contributed by atoms with van der Waals surface area (Å²) in [6.07, 6.45) is 0. The Kier molecular flexibility index (Phi) is 6.65. The number of ether oxygens (including phenoxy) is 1. The molecule has 1 aliphatic heterocycles. The van der Waals surface area contributed by atoms with Crippen LogP contribution < -0.4 is 14.4 Å². The molecule has 1 N–H and O–H groups in total. The van der Waals surface area contributed by atoms with E-state index in [9.17, 15) is 13.2 Å². The fourth-order valence-corrected chi connectivity index (χ4v) is 5.35. The van der Waals surface area contributed by atoms with Gasteiger partial charge in [-0.3, -0.25) is 9.10 Å². The fourth-order valence-electron chi connectivity index (χ4n) is 3.57. The maximum atomic E-state index is 13.4. The van der Waals surface area contributed by atoms with Crippen molar-refractivity contribution in [3.63, 3.8) is 0 Å². The molecular formula is C24H20Cl2N2O4S. The van der Waals surface area contributed by atoms with Gasteiger partial charge in [-0.25, -0.2) is 8.42 Å². The summed E-state index contributed by atoms with van der Waals surface area (Å²) in [4.78, 5) is 12.9. The van der Waals surface area contributed by atoms with Gasteiger partial charge in [0.25, 0.3) is 15.9 Å². The van der Waals surface area contributed by atoms with Crippen LogP contribution in [-0.4, -0.2) is 34.5 Å². The lowest BCUT2D eigenvalue weighted by Crippen LogP contribution is -2.40. The minimum Gasteiger partial charge on any atom is -0.492 e. The van der Waals surface area contributed by atoms with Gasteiger partial charge in [0.2, 0.25) is 0 Å². The van der Waals surface area contributed by atoms with Crippen molar-refractivity contribution in [2.24, 2.45) is 0 Å². The van der Waals surface area contributed by atoms with Crippen molar-refractivity contribution in [2.75, 3.05) is 24.5 Å². The van der Waals surface area contributed by atoms with Gasteiger partial charge >= 0.3 is 0 Å². The molecule has 1 aliphatic rings. The third kappa shape index (κ3) is 4.71. The highest BCUT2D eigenvalue weighted by atomic mass is 35.5. The first-order valence-corrected chi connectivity index (χ1v) is 12.2. The molecule has 4 rings (SSSR count). The first-order valence-electron chi connectivity index (χ1n) is 10.0. The number of nitrogens with zero attached hydrogens (tertiary/aromatic N) is 1. The molecule has 6 nitrogen and oxygen atoms in total. The maximum absolute atomic E-state index is 13.4. The number of hydrogen-bond donors (Lipinski definition) is 1. The van der Waals surface area contributed by atoms with Crippen LogP contribution in [0.5, 0.6) is 5.75 Å². The van der Waals surface area contributed by atoms with Crippen molar-refractivity contribution in [3.05, 3.63) is 98.9 Å². The van der Waals surface area contributed by atoms with Crippen LogP contribution in [0.4, 0.5) is 5.69 Å². The van der Waals surface area contributed by atoms with Crippen molar-refractivity contribution < 1.29 is 17.9 Å². The minimum absolute atomic E-state index is 0.106. The number of fused-ring (bicyclic) bond motifs is 1. The Morgan fingerprint density at radius 2 is 1.64 bits per heavy atom. The van der Waals surface area contributed by atoms with E-state index in [4.69, 9.17) is 27.9 Å². The van der Waals surface area contributed by atoms with Crippen molar-refractivity contribution in [1.29, 1.82) is 0 Å². The summed E-state index contributed by atoms with van der Waals surface area (Å²) in [6, 6.07) is 20.6. The van der Waals surface area contributed by atoms with Gasteiger partial charge in [0, 0.05) is 28.2 Å². The minimum atomic E-state index is -4.12. The highest BCUT2D eigenvalue weighted by molar-refractivity contribution is 7.97. The summed E-state index contributed by atoms with van der Waals surface area (Å²) in [5, 5.41) is 3.69. The van der Waals surface area contributed by atoms with E-state index in [1.54, 1.807) is 66.7 Å². The Morgan fingerprint density at radius 3 is 2.33 bits per heavy atom. The molecule has 3 aromatic rings. The van der Waals surface area contributed by atoms with Crippen LogP contribution in [0.2, 0.25) is 10.0 Å². The van der Waals surface area contributed by atoms with Gasteiger partial charge < -0.3 is 10.1 Å². The number of sulfonamides is 1. The highest BCUT2D eigenvalue weighted by Crippen LogP contribution is 2.43. The molecule has 0 fully saturated rings. The molecule has 33 heavy (non-hydrogen) atoms. The van der Waals surface area contributed by atoms with Crippen LogP contribution >= 0.6 is 23.2 Å². The van der Waals surface area contributed by atoms with Crippen LogP contribution in [0.3, 0.4) is 0 Å². The van der Waals surface area contributed by atoms with Crippen LogP contribution in [0.1, 0.15) is 11.1 Å². The first kappa shape index (κ1) is 23.2. The number of rotatable bonds is 6. The number of anilines is 1. The van der Waals surface area contributed by atoms with Crippen LogP contribution in [-0.2, 0) is 14.8 Å². The average Bonchev–Trinajstić information content (AvgIpc) is 2.80.